The predicted octanol–water partition coefficient (Wildman–Crippen LogP) is 1.03. The van der Waals surface area contributed by atoms with Gasteiger partial charge in [0.05, 0.1) is 12.5 Å². The molecule has 116 valence electrons. The van der Waals surface area contributed by atoms with Crippen molar-refractivity contribution in [3.8, 4) is 0 Å². The van der Waals surface area contributed by atoms with Crippen LogP contribution in [0, 0.1) is 5.41 Å². The number of carboxylic acid groups (broad SMARTS) is 2. The van der Waals surface area contributed by atoms with E-state index in [1.54, 1.807) is 13.8 Å². The molecular formula is C13H22O7. The Morgan fingerprint density at radius 1 is 1.10 bits per heavy atom. The third kappa shape index (κ3) is 3.27. The third-order valence-corrected chi connectivity index (χ3v) is 3.49. The molecule has 0 amide bonds. The van der Waals surface area contributed by atoms with Crippen LogP contribution >= 0.6 is 0 Å². The summed E-state index contributed by atoms with van der Waals surface area (Å²) in [7, 11) is 0. The average molecular weight is 290 g/mol. The van der Waals surface area contributed by atoms with E-state index in [9.17, 15) is 24.6 Å². The first-order valence-electron chi connectivity index (χ1n) is 6.46. The van der Waals surface area contributed by atoms with E-state index < -0.39 is 41.4 Å². The van der Waals surface area contributed by atoms with E-state index in [1.807, 2.05) is 0 Å². The summed E-state index contributed by atoms with van der Waals surface area (Å²) in [5, 5.41) is 28.5. The summed E-state index contributed by atoms with van der Waals surface area (Å²) >= 11 is 0. The maximum Gasteiger partial charge on any atom is 0.337 e. The first-order valence-corrected chi connectivity index (χ1v) is 6.46. The lowest BCUT2D eigenvalue weighted by molar-refractivity contribution is -0.199. The molecule has 1 atom stereocenters. The zero-order valence-electron chi connectivity index (χ0n) is 12.2. The molecule has 7 heteroatoms. The smallest absolute Gasteiger partial charge is 0.337 e. The van der Waals surface area contributed by atoms with Crippen LogP contribution in [0.3, 0.4) is 0 Å². The number of ether oxygens (including phenoxy) is 1. The van der Waals surface area contributed by atoms with E-state index in [4.69, 9.17) is 9.84 Å². The minimum absolute atomic E-state index is 0.0505. The van der Waals surface area contributed by atoms with Crippen LogP contribution in [0.2, 0.25) is 0 Å². The van der Waals surface area contributed by atoms with Crippen LogP contribution < -0.4 is 0 Å². The molecule has 0 heterocycles. The van der Waals surface area contributed by atoms with Gasteiger partial charge in [0, 0.05) is 0 Å². The fourth-order valence-electron chi connectivity index (χ4n) is 2.29. The first-order chi connectivity index (χ1) is 9.07. The summed E-state index contributed by atoms with van der Waals surface area (Å²) in [6.45, 7) is 6.21. The van der Waals surface area contributed by atoms with Gasteiger partial charge < -0.3 is 20.1 Å². The number of esters is 1. The number of hydrogen-bond acceptors (Lipinski definition) is 5. The Hall–Kier alpha value is -1.63. The minimum atomic E-state index is -2.71. The van der Waals surface area contributed by atoms with E-state index in [1.165, 1.54) is 13.8 Å². The number of rotatable bonds is 8. The Morgan fingerprint density at radius 3 is 1.80 bits per heavy atom. The van der Waals surface area contributed by atoms with Gasteiger partial charge in [-0.2, -0.15) is 0 Å². The van der Waals surface area contributed by atoms with Crippen molar-refractivity contribution in [1.82, 2.24) is 0 Å². The lowest BCUT2D eigenvalue weighted by atomic mass is 9.66. The number of carbonyl (C=O) groups is 3. The average Bonchev–Trinajstić information content (AvgIpc) is 2.28. The Balaban J connectivity index is 5.87. The summed E-state index contributed by atoms with van der Waals surface area (Å²) in [4.78, 5) is 34.5. The molecule has 0 aromatic rings. The minimum Gasteiger partial charge on any atom is -0.481 e. The number of aliphatic carboxylic acids is 2. The molecule has 0 bridgehead atoms. The highest BCUT2D eigenvalue weighted by atomic mass is 16.5. The first kappa shape index (κ1) is 18.4. The van der Waals surface area contributed by atoms with Gasteiger partial charge in [0.1, 0.15) is 5.41 Å². The molecule has 20 heavy (non-hydrogen) atoms. The van der Waals surface area contributed by atoms with Crippen molar-refractivity contribution in [2.24, 2.45) is 5.41 Å². The van der Waals surface area contributed by atoms with Gasteiger partial charge >= 0.3 is 17.9 Å². The second kappa shape index (κ2) is 6.69. The van der Waals surface area contributed by atoms with Gasteiger partial charge in [-0.15, -0.1) is 0 Å². The summed E-state index contributed by atoms with van der Waals surface area (Å²) in [5.74, 6) is -4.15. The molecule has 0 fully saturated rings. The van der Waals surface area contributed by atoms with Crippen molar-refractivity contribution < 1.29 is 34.4 Å². The van der Waals surface area contributed by atoms with Gasteiger partial charge in [-0.05, 0) is 26.7 Å². The summed E-state index contributed by atoms with van der Waals surface area (Å²) < 4.78 is 5.02. The van der Waals surface area contributed by atoms with Crippen LogP contribution in [0.15, 0.2) is 0 Å². The van der Waals surface area contributed by atoms with Crippen molar-refractivity contribution in [2.45, 2.75) is 58.7 Å². The molecule has 1 unspecified atom stereocenters. The van der Waals surface area contributed by atoms with Crippen LogP contribution in [0.1, 0.15) is 47.0 Å². The standard InChI is InChI=1S/C13H22O7/c1-5-12(6-2,11(18)20-8(3)4)13(19,10(16)17)7-9(14)15/h8,19H,5-7H2,1-4H3,(H,14,15)(H,16,17). The maximum absolute atomic E-state index is 12.2. The van der Waals surface area contributed by atoms with Gasteiger partial charge in [-0.1, -0.05) is 13.8 Å². The van der Waals surface area contributed by atoms with Crippen molar-refractivity contribution >= 4 is 17.9 Å². The molecule has 0 aliphatic heterocycles. The lowest BCUT2D eigenvalue weighted by Crippen LogP contribution is -2.59. The van der Waals surface area contributed by atoms with Gasteiger partial charge in [0.25, 0.3) is 0 Å². The fourth-order valence-corrected chi connectivity index (χ4v) is 2.29. The Morgan fingerprint density at radius 2 is 1.55 bits per heavy atom. The van der Waals surface area contributed by atoms with Crippen LogP contribution in [-0.4, -0.2) is 44.9 Å². The van der Waals surface area contributed by atoms with E-state index >= 15 is 0 Å². The zero-order chi connectivity index (χ0) is 16.1. The van der Waals surface area contributed by atoms with Gasteiger partial charge in [-0.3, -0.25) is 9.59 Å². The summed E-state index contributed by atoms with van der Waals surface area (Å²) in [6.07, 6.45) is -1.67. The summed E-state index contributed by atoms with van der Waals surface area (Å²) in [5.41, 5.74) is -4.52. The second-order valence-corrected chi connectivity index (χ2v) is 4.98. The van der Waals surface area contributed by atoms with Gasteiger partial charge in [0.15, 0.2) is 5.60 Å². The Kier molecular flexibility index (Phi) is 6.15. The van der Waals surface area contributed by atoms with Crippen LogP contribution in [0.5, 0.6) is 0 Å². The molecule has 0 radical (unpaired) electrons. The SMILES string of the molecule is CCC(CC)(C(=O)OC(C)C)C(O)(CC(=O)O)C(=O)O. The second-order valence-electron chi connectivity index (χ2n) is 4.98. The largest absolute Gasteiger partial charge is 0.481 e. The summed E-state index contributed by atoms with van der Waals surface area (Å²) in [6, 6.07) is 0. The molecule has 0 aliphatic carbocycles. The molecule has 0 aromatic carbocycles. The predicted molar refractivity (Wildman–Crippen MR) is 69.1 cm³/mol. The van der Waals surface area contributed by atoms with Crippen LogP contribution in [0.4, 0.5) is 0 Å². The molecule has 0 saturated heterocycles. The van der Waals surface area contributed by atoms with E-state index in [0.29, 0.717) is 0 Å². The van der Waals surface area contributed by atoms with E-state index in [0.717, 1.165) is 0 Å². The van der Waals surface area contributed by atoms with Crippen molar-refractivity contribution in [3.63, 3.8) is 0 Å². The Bertz CT molecular complexity index is 384. The van der Waals surface area contributed by atoms with Crippen LogP contribution in [0.25, 0.3) is 0 Å². The molecule has 0 rings (SSSR count). The third-order valence-electron chi connectivity index (χ3n) is 3.49. The highest BCUT2D eigenvalue weighted by Gasteiger charge is 2.60. The molecule has 0 spiro atoms. The number of carboxylic acids is 2. The normalized spacial score (nSPS) is 14.7. The maximum atomic E-state index is 12.2. The molecular weight excluding hydrogens is 268 g/mol. The topological polar surface area (TPSA) is 121 Å². The molecule has 3 N–H and O–H groups in total. The lowest BCUT2D eigenvalue weighted by Gasteiger charge is -2.41. The molecule has 7 nitrogen and oxygen atoms in total. The van der Waals surface area contributed by atoms with Gasteiger partial charge in [-0.25, -0.2) is 4.79 Å². The van der Waals surface area contributed by atoms with E-state index in [2.05, 4.69) is 0 Å². The monoisotopic (exact) mass is 290 g/mol. The van der Waals surface area contributed by atoms with Crippen molar-refractivity contribution in [3.05, 3.63) is 0 Å². The highest BCUT2D eigenvalue weighted by molar-refractivity contribution is 5.92. The van der Waals surface area contributed by atoms with Crippen molar-refractivity contribution in [2.75, 3.05) is 0 Å². The molecule has 0 aromatic heterocycles. The Labute approximate surface area is 117 Å². The van der Waals surface area contributed by atoms with E-state index in [-0.39, 0.29) is 12.8 Å². The van der Waals surface area contributed by atoms with Crippen LogP contribution in [-0.2, 0) is 19.1 Å². The molecule has 0 aliphatic rings. The highest BCUT2D eigenvalue weighted by Crippen LogP contribution is 2.42. The quantitative estimate of drug-likeness (QED) is 0.571. The molecule has 0 saturated carbocycles. The fraction of sp³-hybridized carbons (Fsp3) is 0.769. The van der Waals surface area contributed by atoms with Gasteiger partial charge in [0.2, 0.25) is 0 Å². The number of hydrogen-bond donors (Lipinski definition) is 3. The van der Waals surface area contributed by atoms with Crippen molar-refractivity contribution in [1.29, 1.82) is 0 Å². The number of aliphatic hydroxyl groups is 1. The zero-order valence-corrected chi connectivity index (χ0v) is 12.2. The number of carbonyl (C=O) groups excluding carboxylic acids is 1.